The maximum atomic E-state index is 12.1. The highest BCUT2D eigenvalue weighted by Crippen LogP contribution is 2.23. The molecule has 0 unspecified atom stereocenters. The Hall–Kier alpha value is -2.34. The van der Waals surface area contributed by atoms with Crippen LogP contribution >= 0.6 is 0 Å². The van der Waals surface area contributed by atoms with E-state index < -0.39 is 0 Å². The van der Waals surface area contributed by atoms with E-state index in [9.17, 15) is 4.79 Å². The molecule has 0 spiro atoms. The third kappa shape index (κ3) is 4.14. The first-order valence-electron chi connectivity index (χ1n) is 8.47. The number of hydrogen-bond acceptors (Lipinski definition) is 3. The van der Waals surface area contributed by atoms with E-state index in [0.717, 1.165) is 36.9 Å². The average Bonchev–Trinajstić information content (AvgIpc) is 3.15. The summed E-state index contributed by atoms with van der Waals surface area (Å²) in [7, 11) is 0. The predicted octanol–water partition coefficient (Wildman–Crippen LogP) is 2.22. The fourth-order valence-corrected chi connectivity index (χ4v) is 3.22. The Labute approximate surface area is 141 Å². The largest absolute Gasteiger partial charge is 0.396 e. The minimum Gasteiger partial charge on any atom is -0.396 e. The molecule has 0 bridgehead atoms. The number of amides is 2. The van der Waals surface area contributed by atoms with Crippen LogP contribution < -0.4 is 10.6 Å². The van der Waals surface area contributed by atoms with Crippen molar-refractivity contribution in [3.8, 4) is 5.69 Å². The first kappa shape index (κ1) is 16.5. The second-order valence-corrected chi connectivity index (χ2v) is 6.33. The number of imidazole rings is 1. The number of para-hydroxylation sites is 1. The molecule has 0 atom stereocenters. The molecule has 3 rings (SSSR count). The molecule has 1 fully saturated rings. The van der Waals surface area contributed by atoms with E-state index >= 15 is 0 Å². The number of carbonyl (C=O) groups excluding carboxylic acids is 1. The van der Waals surface area contributed by atoms with Crippen molar-refractivity contribution in [1.82, 2.24) is 20.2 Å². The van der Waals surface area contributed by atoms with Crippen molar-refractivity contribution in [2.45, 2.75) is 38.3 Å². The summed E-state index contributed by atoms with van der Waals surface area (Å²) in [6, 6.07) is 8.01. The Balaban J connectivity index is 1.52. The molecule has 0 aliphatic heterocycles. The van der Waals surface area contributed by atoms with E-state index in [1.54, 1.807) is 12.5 Å². The molecule has 2 amide bonds. The molecule has 2 aromatic rings. The van der Waals surface area contributed by atoms with Crippen molar-refractivity contribution in [2.24, 2.45) is 5.92 Å². The molecule has 128 valence electrons. The number of hydrogen-bond donors (Lipinski definition) is 3. The summed E-state index contributed by atoms with van der Waals surface area (Å²) < 4.78 is 1.94. The van der Waals surface area contributed by atoms with Crippen molar-refractivity contribution in [3.05, 3.63) is 48.5 Å². The minimum absolute atomic E-state index is 0.136. The smallest absolute Gasteiger partial charge is 0.315 e. The fourth-order valence-electron chi connectivity index (χ4n) is 3.22. The molecule has 1 aromatic heterocycles. The predicted molar refractivity (Wildman–Crippen MR) is 91.8 cm³/mol. The number of nitrogens with one attached hydrogen (secondary N) is 2. The number of urea groups is 1. The molecule has 24 heavy (non-hydrogen) atoms. The molecule has 1 heterocycles. The van der Waals surface area contributed by atoms with E-state index in [0.29, 0.717) is 12.5 Å². The third-order valence-corrected chi connectivity index (χ3v) is 4.65. The molecule has 6 heteroatoms. The maximum absolute atomic E-state index is 12.1. The number of nitrogens with zero attached hydrogens (tertiary/aromatic N) is 2. The highest BCUT2D eigenvalue weighted by Gasteiger charge is 2.21. The van der Waals surface area contributed by atoms with Gasteiger partial charge in [0, 0.05) is 31.6 Å². The monoisotopic (exact) mass is 328 g/mol. The van der Waals surface area contributed by atoms with Gasteiger partial charge in [0.05, 0.1) is 12.0 Å². The average molecular weight is 328 g/mol. The quantitative estimate of drug-likeness (QED) is 0.787. The van der Waals surface area contributed by atoms with Gasteiger partial charge in [-0.1, -0.05) is 18.2 Å². The third-order valence-electron chi connectivity index (χ3n) is 4.65. The van der Waals surface area contributed by atoms with Gasteiger partial charge in [-0.05, 0) is 43.2 Å². The van der Waals surface area contributed by atoms with Crippen LogP contribution in [0.1, 0.15) is 31.2 Å². The van der Waals surface area contributed by atoms with Gasteiger partial charge in [0.2, 0.25) is 0 Å². The Morgan fingerprint density at radius 1 is 1.25 bits per heavy atom. The molecule has 1 aliphatic rings. The lowest BCUT2D eigenvalue weighted by Gasteiger charge is -2.28. The summed E-state index contributed by atoms with van der Waals surface area (Å²) in [5.74, 6) is 0.396. The summed E-state index contributed by atoms with van der Waals surface area (Å²) in [5.41, 5.74) is 2.05. The van der Waals surface area contributed by atoms with E-state index in [1.165, 1.54) is 0 Å². The van der Waals surface area contributed by atoms with Crippen molar-refractivity contribution in [2.75, 3.05) is 6.61 Å². The van der Waals surface area contributed by atoms with Crippen molar-refractivity contribution >= 4 is 6.03 Å². The number of aliphatic hydroxyl groups excluding tert-OH is 1. The molecule has 1 aliphatic carbocycles. The van der Waals surface area contributed by atoms with Crippen LogP contribution in [0, 0.1) is 5.92 Å². The zero-order valence-electron chi connectivity index (χ0n) is 13.7. The number of benzene rings is 1. The van der Waals surface area contributed by atoms with Gasteiger partial charge in [0.15, 0.2) is 0 Å². The number of carbonyl (C=O) groups is 1. The lowest BCUT2D eigenvalue weighted by atomic mass is 9.87. The second kappa shape index (κ2) is 7.97. The Kier molecular flexibility index (Phi) is 5.48. The number of aliphatic hydroxyl groups is 1. The standard InChI is InChI=1S/C18H24N4O2/c23-12-14-5-7-16(8-6-14)21-18(24)20-11-15-3-1-2-4-17(15)22-10-9-19-13-22/h1-4,9-10,13-14,16,23H,5-8,11-12H2,(H2,20,21,24). The molecule has 1 saturated carbocycles. The highest BCUT2D eigenvalue weighted by molar-refractivity contribution is 5.74. The summed E-state index contributed by atoms with van der Waals surface area (Å²) in [6.45, 7) is 0.718. The summed E-state index contributed by atoms with van der Waals surface area (Å²) >= 11 is 0. The van der Waals surface area contributed by atoms with E-state index in [4.69, 9.17) is 5.11 Å². The molecular formula is C18H24N4O2. The normalized spacial score (nSPS) is 20.5. The van der Waals surface area contributed by atoms with Crippen LogP contribution in [0.5, 0.6) is 0 Å². The van der Waals surface area contributed by atoms with Crippen molar-refractivity contribution in [1.29, 1.82) is 0 Å². The van der Waals surface area contributed by atoms with Crippen LogP contribution in [0.4, 0.5) is 4.79 Å². The Bertz CT molecular complexity index is 649. The Morgan fingerprint density at radius 2 is 2.04 bits per heavy atom. The van der Waals surface area contributed by atoms with E-state index in [1.807, 2.05) is 35.0 Å². The minimum atomic E-state index is -0.136. The molecule has 0 saturated heterocycles. The van der Waals surface area contributed by atoms with Gasteiger partial charge in [-0.15, -0.1) is 0 Å². The zero-order valence-corrected chi connectivity index (χ0v) is 13.7. The van der Waals surface area contributed by atoms with Crippen molar-refractivity contribution < 1.29 is 9.90 Å². The van der Waals surface area contributed by atoms with Gasteiger partial charge >= 0.3 is 6.03 Å². The highest BCUT2D eigenvalue weighted by atomic mass is 16.3. The van der Waals surface area contributed by atoms with Crippen LogP contribution in [0.3, 0.4) is 0 Å². The van der Waals surface area contributed by atoms with E-state index in [-0.39, 0.29) is 18.7 Å². The first-order chi connectivity index (χ1) is 11.8. The van der Waals surface area contributed by atoms with Gasteiger partial charge < -0.3 is 20.3 Å². The number of aromatic nitrogens is 2. The molecule has 3 N–H and O–H groups in total. The second-order valence-electron chi connectivity index (χ2n) is 6.33. The fraction of sp³-hybridized carbons (Fsp3) is 0.444. The Morgan fingerprint density at radius 3 is 2.75 bits per heavy atom. The van der Waals surface area contributed by atoms with Crippen LogP contribution in [0.15, 0.2) is 43.0 Å². The summed E-state index contributed by atoms with van der Waals surface area (Å²) in [6.07, 6.45) is 9.20. The lowest BCUT2D eigenvalue weighted by molar-refractivity contribution is 0.174. The summed E-state index contributed by atoms with van der Waals surface area (Å²) in [4.78, 5) is 16.2. The molecule has 6 nitrogen and oxygen atoms in total. The van der Waals surface area contributed by atoms with E-state index in [2.05, 4.69) is 15.6 Å². The zero-order chi connectivity index (χ0) is 16.8. The lowest BCUT2D eigenvalue weighted by Crippen LogP contribution is -2.43. The van der Waals surface area contributed by atoms with Gasteiger partial charge in [-0.2, -0.15) is 0 Å². The van der Waals surface area contributed by atoms with Crippen LogP contribution in [-0.4, -0.2) is 33.3 Å². The van der Waals surface area contributed by atoms with Gasteiger partial charge in [0.1, 0.15) is 0 Å². The van der Waals surface area contributed by atoms with Crippen molar-refractivity contribution in [3.63, 3.8) is 0 Å². The number of rotatable bonds is 5. The van der Waals surface area contributed by atoms with Gasteiger partial charge in [0.25, 0.3) is 0 Å². The SMILES string of the molecule is O=C(NCc1ccccc1-n1ccnc1)NC1CCC(CO)CC1. The topological polar surface area (TPSA) is 79.2 Å². The van der Waals surface area contributed by atoms with Gasteiger partial charge in [-0.25, -0.2) is 9.78 Å². The molecular weight excluding hydrogens is 304 g/mol. The van der Waals surface area contributed by atoms with Crippen LogP contribution in [0.25, 0.3) is 5.69 Å². The molecule has 0 radical (unpaired) electrons. The molecule has 1 aromatic carbocycles. The van der Waals surface area contributed by atoms with Crippen LogP contribution in [0.2, 0.25) is 0 Å². The summed E-state index contributed by atoms with van der Waals surface area (Å²) in [5, 5.41) is 15.1. The maximum Gasteiger partial charge on any atom is 0.315 e. The van der Waals surface area contributed by atoms with Gasteiger partial charge in [-0.3, -0.25) is 0 Å². The first-order valence-corrected chi connectivity index (χ1v) is 8.47. The van der Waals surface area contributed by atoms with Crippen LogP contribution in [-0.2, 0) is 6.54 Å².